The SMILES string of the molecule is CC1CCN(c2cc(N3CCCCC3C)nc(NC(=S)NCC3(c4ccccc4)CCCCC3)n2)CC1. The van der Waals surface area contributed by atoms with Crippen LogP contribution in [0.25, 0.3) is 0 Å². The van der Waals surface area contributed by atoms with Gasteiger partial charge in [0.1, 0.15) is 11.6 Å². The number of piperidine rings is 2. The molecule has 0 bridgehead atoms. The van der Waals surface area contributed by atoms with Gasteiger partial charge in [0.25, 0.3) is 0 Å². The van der Waals surface area contributed by atoms with Gasteiger partial charge in [-0.1, -0.05) is 56.5 Å². The largest absolute Gasteiger partial charge is 0.361 e. The van der Waals surface area contributed by atoms with Crippen LogP contribution in [0.1, 0.15) is 83.6 Å². The summed E-state index contributed by atoms with van der Waals surface area (Å²) < 4.78 is 0. The number of benzene rings is 1. The van der Waals surface area contributed by atoms with Gasteiger partial charge in [-0.25, -0.2) is 0 Å². The van der Waals surface area contributed by atoms with Gasteiger partial charge in [-0.15, -0.1) is 0 Å². The lowest BCUT2D eigenvalue weighted by molar-refractivity contribution is 0.292. The Hall–Kier alpha value is -2.41. The molecule has 0 amide bonds. The average molecular weight is 521 g/mol. The van der Waals surface area contributed by atoms with Crippen molar-refractivity contribution in [1.82, 2.24) is 15.3 Å². The Kier molecular flexibility index (Phi) is 8.48. The van der Waals surface area contributed by atoms with Crippen LogP contribution >= 0.6 is 12.2 Å². The van der Waals surface area contributed by atoms with Crippen LogP contribution in [0.5, 0.6) is 0 Å². The molecule has 0 radical (unpaired) electrons. The van der Waals surface area contributed by atoms with E-state index in [4.69, 9.17) is 22.2 Å². The topological polar surface area (TPSA) is 56.3 Å². The predicted octanol–water partition coefficient (Wildman–Crippen LogP) is 6.28. The Bertz CT molecular complexity index is 1030. The summed E-state index contributed by atoms with van der Waals surface area (Å²) in [6.07, 6.45) is 12.4. The van der Waals surface area contributed by atoms with E-state index in [1.807, 2.05) is 0 Å². The highest BCUT2D eigenvalue weighted by molar-refractivity contribution is 7.80. The van der Waals surface area contributed by atoms with Crippen LogP contribution in [0.2, 0.25) is 0 Å². The highest BCUT2D eigenvalue weighted by Gasteiger charge is 2.34. The zero-order chi connectivity index (χ0) is 25.7. The van der Waals surface area contributed by atoms with E-state index in [2.05, 4.69) is 70.7 Å². The van der Waals surface area contributed by atoms with E-state index in [-0.39, 0.29) is 5.41 Å². The molecule has 1 atom stereocenters. The quantitative estimate of drug-likeness (QED) is 0.435. The van der Waals surface area contributed by atoms with Gasteiger partial charge in [0.15, 0.2) is 5.11 Å². The Morgan fingerprint density at radius 2 is 1.65 bits per heavy atom. The molecular formula is C30H44N6S. The Balaban J connectivity index is 1.33. The van der Waals surface area contributed by atoms with E-state index >= 15 is 0 Å². The summed E-state index contributed by atoms with van der Waals surface area (Å²) >= 11 is 5.81. The summed E-state index contributed by atoms with van der Waals surface area (Å²) in [6.45, 7) is 8.66. The predicted molar refractivity (Wildman–Crippen MR) is 159 cm³/mol. The maximum Gasteiger partial charge on any atom is 0.232 e. The molecule has 1 unspecified atom stereocenters. The molecule has 1 saturated carbocycles. The molecule has 3 fully saturated rings. The molecular weight excluding hydrogens is 476 g/mol. The van der Waals surface area contributed by atoms with Gasteiger partial charge in [0.05, 0.1) is 0 Å². The molecule has 3 heterocycles. The van der Waals surface area contributed by atoms with Crippen molar-refractivity contribution in [2.75, 3.05) is 41.3 Å². The van der Waals surface area contributed by atoms with Crippen molar-refractivity contribution in [1.29, 1.82) is 0 Å². The van der Waals surface area contributed by atoms with Gasteiger partial charge in [-0.05, 0) is 75.6 Å². The van der Waals surface area contributed by atoms with Crippen LogP contribution in [-0.4, -0.2) is 47.3 Å². The Labute approximate surface area is 228 Å². The molecule has 1 aliphatic carbocycles. The summed E-state index contributed by atoms with van der Waals surface area (Å²) in [5, 5.41) is 7.56. The fraction of sp³-hybridized carbons (Fsp3) is 0.633. The van der Waals surface area contributed by atoms with Gasteiger partial charge in [0, 0.05) is 43.7 Å². The van der Waals surface area contributed by atoms with Crippen LogP contribution in [0.4, 0.5) is 17.6 Å². The van der Waals surface area contributed by atoms with Crippen molar-refractivity contribution in [3.63, 3.8) is 0 Å². The number of hydrogen-bond donors (Lipinski definition) is 2. The molecule has 2 saturated heterocycles. The fourth-order valence-electron chi connectivity index (χ4n) is 6.45. The van der Waals surface area contributed by atoms with Gasteiger partial charge < -0.3 is 20.4 Å². The second-order valence-corrected chi connectivity index (χ2v) is 12.0. The fourth-order valence-corrected chi connectivity index (χ4v) is 6.61. The minimum absolute atomic E-state index is 0.132. The van der Waals surface area contributed by atoms with Gasteiger partial charge in [0.2, 0.25) is 5.95 Å². The van der Waals surface area contributed by atoms with Crippen LogP contribution in [0, 0.1) is 5.92 Å². The molecule has 2 aliphatic heterocycles. The zero-order valence-electron chi connectivity index (χ0n) is 22.7. The summed E-state index contributed by atoms with van der Waals surface area (Å²) in [4.78, 5) is 14.8. The number of nitrogens with zero attached hydrogens (tertiary/aromatic N) is 4. The molecule has 2 aromatic rings. The van der Waals surface area contributed by atoms with Crippen molar-refractivity contribution in [3.05, 3.63) is 42.0 Å². The first kappa shape index (κ1) is 26.2. The number of anilines is 3. The average Bonchev–Trinajstić information content (AvgIpc) is 2.93. The van der Waals surface area contributed by atoms with Crippen LogP contribution in [0.3, 0.4) is 0 Å². The van der Waals surface area contributed by atoms with Crippen LogP contribution < -0.4 is 20.4 Å². The monoisotopic (exact) mass is 520 g/mol. The number of nitrogens with one attached hydrogen (secondary N) is 2. The summed E-state index contributed by atoms with van der Waals surface area (Å²) in [5.74, 6) is 3.44. The lowest BCUT2D eigenvalue weighted by Crippen LogP contribution is -2.44. The second kappa shape index (κ2) is 12.0. The molecule has 1 aromatic carbocycles. The molecule has 5 rings (SSSR count). The third-order valence-electron chi connectivity index (χ3n) is 8.91. The lowest BCUT2D eigenvalue weighted by atomic mass is 9.69. The lowest BCUT2D eigenvalue weighted by Gasteiger charge is -2.38. The third-order valence-corrected chi connectivity index (χ3v) is 9.16. The van der Waals surface area contributed by atoms with E-state index in [1.165, 1.54) is 69.8 Å². The third kappa shape index (κ3) is 6.36. The molecule has 7 heteroatoms. The van der Waals surface area contributed by atoms with E-state index in [1.54, 1.807) is 0 Å². The molecule has 0 spiro atoms. The van der Waals surface area contributed by atoms with Gasteiger partial charge in [-0.3, -0.25) is 0 Å². The van der Waals surface area contributed by atoms with Crippen molar-refractivity contribution >= 4 is 34.9 Å². The van der Waals surface area contributed by atoms with Gasteiger partial charge in [-0.2, -0.15) is 9.97 Å². The Morgan fingerprint density at radius 1 is 0.919 bits per heavy atom. The van der Waals surface area contributed by atoms with Gasteiger partial charge >= 0.3 is 0 Å². The number of hydrogen-bond acceptors (Lipinski definition) is 5. The highest BCUT2D eigenvalue weighted by atomic mass is 32.1. The smallest absolute Gasteiger partial charge is 0.232 e. The number of rotatable bonds is 6. The molecule has 200 valence electrons. The standard InChI is InChI=1S/C30H44N6S/c1-23-14-19-35(20-15-23)26-21-27(36-18-10-7-11-24(36)2)33-28(32-26)34-29(37)31-22-30(16-8-4-9-17-30)25-12-5-3-6-13-25/h3,5-6,12-13,21,23-24H,4,7-11,14-20,22H2,1-2H3,(H2,31,32,33,34,37). The minimum atomic E-state index is 0.132. The second-order valence-electron chi connectivity index (χ2n) is 11.6. The molecule has 6 nitrogen and oxygen atoms in total. The molecule has 2 N–H and O–H groups in total. The number of aromatic nitrogens is 2. The highest BCUT2D eigenvalue weighted by Crippen LogP contribution is 2.39. The molecule has 3 aliphatic rings. The summed E-state index contributed by atoms with van der Waals surface area (Å²) in [6, 6.07) is 13.7. The van der Waals surface area contributed by atoms with E-state index in [0.717, 1.165) is 43.7 Å². The first-order chi connectivity index (χ1) is 18.0. The molecule has 1 aromatic heterocycles. The zero-order valence-corrected chi connectivity index (χ0v) is 23.5. The van der Waals surface area contributed by atoms with E-state index in [0.29, 0.717) is 17.1 Å². The van der Waals surface area contributed by atoms with Crippen LogP contribution in [-0.2, 0) is 5.41 Å². The van der Waals surface area contributed by atoms with Crippen molar-refractivity contribution in [3.8, 4) is 0 Å². The first-order valence-corrected chi connectivity index (χ1v) is 14.9. The van der Waals surface area contributed by atoms with Crippen molar-refractivity contribution < 1.29 is 0 Å². The normalized spacial score (nSPS) is 22.5. The maximum atomic E-state index is 5.81. The summed E-state index contributed by atoms with van der Waals surface area (Å²) in [7, 11) is 0. The molecule has 37 heavy (non-hydrogen) atoms. The minimum Gasteiger partial charge on any atom is -0.361 e. The van der Waals surface area contributed by atoms with E-state index < -0.39 is 0 Å². The van der Waals surface area contributed by atoms with Crippen LogP contribution in [0.15, 0.2) is 36.4 Å². The van der Waals surface area contributed by atoms with Crippen molar-refractivity contribution in [2.45, 2.75) is 89.5 Å². The Morgan fingerprint density at radius 3 is 2.38 bits per heavy atom. The van der Waals surface area contributed by atoms with E-state index in [9.17, 15) is 0 Å². The number of thiocarbonyl (C=S) groups is 1. The van der Waals surface area contributed by atoms with Crippen molar-refractivity contribution in [2.24, 2.45) is 5.92 Å². The maximum absolute atomic E-state index is 5.81. The first-order valence-electron chi connectivity index (χ1n) is 14.5. The summed E-state index contributed by atoms with van der Waals surface area (Å²) in [5.41, 5.74) is 1.55.